The van der Waals surface area contributed by atoms with Crippen molar-refractivity contribution in [3.63, 3.8) is 0 Å². The summed E-state index contributed by atoms with van der Waals surface area (Å²) in [5.74, 6) is 1.14. The van der Waals surface area contributed by atoms with Crippen molar-refractivity contribution in [2.24, 2.45) is 0 Å². The highest BCUT2D eigenvalue weighted by Gasteiger charge is 2.19. The Kier molecular flexibility index (Phi) is 8.70. The first-order valence-electron chi connectivity index (χ1n) is 11.6. The first kappa shape index (κ1) is 24.0. The van der Waals surface area contributed by atoms with E-state index in [0.29, 0.717) is 18.8 Å². The molecule has 1 aliphatic heterocycles. The summed E-state index contributed by atoms with van der Waals surface area (Å²) in [6.07, 6.45) is 2.66. The summed E-state index contributed by atoms with van der Waals surface area (Å²) in [5.41, 5.74) is 2.16. The minimum Gasteiger partial charge on any atom is -0.334 e. The fraction of sp³-hybridized carbons (Fsp3) is 0.360. The molecule has 0 unspecified atom stereocenters. The first-order chi connectivity index (χ1) is 16.7. The van der Waals surface area contributed by atoms with Crippen LogP contribution in [0.1, 0.15) is 36.2 Å². The molecule has 9 heteroatoms. The zero-order valence-electron chi connectivity index (χ0n) is 19.2. The molecule has 8 nitrogen and oxygen atoms in total. The molecule has 0 aliphatic carbocycles. The van der Waals surface area contributed by atoms with E-state index < -0.39 is 6.03 Å². The molecule has 0 bridgehead atoms. The molecule has 0 atom stereocenters. The van der Waals surface area contributed by atoms with E-state index >= 15 is 0 Å². The van der Waals surface area contributed by atoms with E-state index in [1.807, 2.05) is 48.5 Å². The van der Waals surface area contributed by atoms with Crippen LogP contribution in [0.5, 0.6) is 0 Å². The molecule has 34 heavy (non-hydrogen) atoms. The molecule has 3 amide bonds. The number of aromatic nitrogens is 3. The smallest absolute Gasteiger partial charge is 0.321 e. The third-order valence-corrected chi connectivity index (χ3v) is 6.62. The highest BCUT2D eigenvalue weighted by Crippen LogP contribution is 2.21. The van der Waals surface area contributed by atoms with E-state index in [-0.39, 0.29) is 12.3 Å². The van der Waals surface area contributed by atoms with Crippen molar-refractivity contribution < 1.29 is 9.59 Å². The van der Waals surface area contributed by atoms with E-state index in [1.165, 1.54) is 30.2 Å². The Morgan fingerprint density at radius 2 is 1.56 bits per heavy atom. The highest BCUT2D eigenvalue weighted by molar-refractivity contribution is 7.99. The van der Waals surface area contributed by atoms with Crippen molar-refractivity contribution in [2.45, 2.75) is 44.1 Å². The molecule has 1 aliphatic rings. The molecule has 2 N–H and O–H groups in total. The van der Waals surface area contributed by atoms with E-state index in [2.05, 4.69) is 42.4 Å². The molecular weight excluding hydrogens is 448 g/mol. The second kappa shape index (κ2) is 12.3. The van der Waals surface area contributed by atoms with Crippen LogP contribution in [0.2, 0.25) is 0 Å². The van der Waals surface area contributed by atoms with Gasteiger partial charge in [-0.1, -0.05) is 72.4 Å². The van der Waals surface area contributed by atoms with Crippen LogP contribution >= 0.6 is 11.8 Å². The van der Waals surface area contributed by atoms with Crippen molar-refractivity contribution in [1.29, 1.82) is 0 Å². The van der Waals surface area contributed by atoms with Gasteiger partial charge in [0.15, 0.2) is 5.16 Å². The van der Waals surface area contributed by atoms with Crippen LogP contribution in [0.25, 0.3) is 0 Å². The summed E-state index contributed by atoms with van der Waals surface area (Å²) in [6, 6.07) is 19.3. The zero-order valence-corrected chi connectivity index (χ0v) is 20.0. The average Bonchev–Trinajstić information content (AvgIpc) is 3.50. The number of urea groups is 1. The van der Waals surface area contributed by atoms with Crippen LogP contribution in [0.3, 0.4) is 0 Å². The lowest BCUT2D eigenvalue weighted by molar-refractivity contribution is -0.119. The molecule has 0 saturated carbocycles. The topological polar surface area (TPSA) is 92.2 Å². The number of thioether (sulfide) groups is 1. The Morgan fingerprint density at radius 3 is 2.26 bits per heavy atom. The fourth-order valence-corrected chi connectivity index (χ4v) is 4.75. The van der Waals surface area contributed by atoms with Gasteiger partial charge in [0.25, 0.3) is 0 Å². The van der Waals surface area contributed by atoms with Gasteiger partial charge < -0.3 is 9.88 Å². The van der Waals surface area contributed by atoms with E-state index in [9.17, 15) is 9.59 Å². The second-order valence-corrected chi connectivity index (χ2v) is 9.33. The van der Waals surface area contributed by atoms with Gasteiger partial charge in [0.1, 0.15) is 5.82 Å². The van der Waals surface area contributed by atoms with Crippen LogP contribution in [0, 0.1) is 0 Å². The molecule has 0 radical (unpaired) electrons. The normalized spacial score (nSPS) is 13.6. The average molecular weight is 479 g/mol. The van der Waals surface area contributed by atoms with Crippen LogP contribution in [-0.4, -0.2) is 50.4 Å². The lowest BCUT2D eigenvalue weighted by atomic mass is 10.2. The van der Waals surface area contributed by atoms with E-state index in [1.54, 1.807) is 0 Å². The molecular formula is C25H30N6O2S. The summed E-state index contributed by atoms with van der Waals surface area (Å²) < 4.78 is 2.14. The number of hydrogen-bond acceptors (Lipinski definition) is 6. The van der Waals surface area contributed by atoms with Gasteiger partial charge in [-0.25, -0.2) is 4.79 Å². The Balaban J connectivity index is 1.29. The van der Waals surface area contributed by atoms with Gasteiger partial charge in [-0.2, -0.15) is 0 Å². The number of carbonyl (C=O) groups is 2. The summed E-state index contributed by atoms with van der Waals surface area (Å²) in [7, 11) is 0. The Hall–Kier alpha value is -3.17. The molecule has 3 aromatic rings. The molecule has 178 valence electrons. The van der Waals surface area contributed by atoms with Gasteiger partial charge in [-0.05, 0) is 37.1 Å². The van der Waals surface area contributed by atoms with Crippen LogP contribution < -0.4 is 10.6 Å². The number of nitrogens with zero attached hydrogens (tertiary/aromatic N) is 4. The number of benzene rings is 2. The van der Waals surface area contributed by atoms with Gasteiger partial charge in [-0.3, -0.25) is 15.0 Å². The maximum absolute atomic E-state index is 12.2. The van der Waals surface area contributed by atoms with Crippen LogP contribution in [-0.2, 0) is 24.4 Å². The maximum atomic E-state index is 12.2. The number of amides is 3. The van der Waals surface area contributed by atoms with Gasteiger partial charge >= 0.3 is 6.03 Å². The second-order valence-electron chi connectivity index (χ2n) is 8.27. The maximum Gasteiger partial charge on any atom is 0.321 e. The zero-order chi connectivity index (χ0) is 23.6. The van der Waals surface area contributed by atoms with Crippen molar-refractivity contribution in [2.75, 3.05) is 18.8 Å². The molecule has 0 spiro atoms. The molecule has 2 heterocycles. The van der Waals surface area contributed by atoms with Crippen LogP contribution in [0.15, 0.2) is 65.8 Å². The van der Waals surface area contributed by atoms with Crippen molar-refractivity contribution in [1.82, 2.24) is 30.3 Å². The Bertz CT molecular complexity index is 1070. The third-order valence-electron chi connectivity index (χ3n) is 5.65. The van der Waals surface area contributed by atoms with E-state index in [0.717, 1.165) is 36.2 Å². The predicted molar refractivity (Wildman–Crippen MR) is 132 cm³/mol. The standard InChI is InChI=1S/C25H30N6O2S/c32-23(27-24(33)26-17-20-9-3-1-4-10-20)13-16-34-25-29-28-22(19-30-14-7-8-15-30)31(25)18-21-11-5-2-6-12-21/h1-6,9-12H,7-8,13-19H2,(H2,26,27,32,33). The number of nitrogens with one attached hydrogen (secondary N) is 2. The summed E-state index contributed by atoms with van der Waals surface area (Å²) in [5, 5.41) is 14.8. The number of hydrogen-bond donors (Lipinski definition) is 2. The quantitative estimate of drug-likeness (QED) is 0.434. The van der Waals surface area contributed by atoms with E-state index in [4.69, 9.17) is 0 Å². The monoisotopic (exact) mass is 478 g/mol. The molecule has 1 saturated heterocycles. The van der Waals surface area contributed by atoms with Gasteiger partial charge in [-0.15, -0.1) is 10.2 Å². The number of carbonyl (C=O) groups excluding carboxylic acids is 2. The summed E-state index contributed by atoms with van der Waals surface area (Å²) in [4.78, 5) is 26.6. The van der Waals surface area contributed by atoms with Gasteiger partial charge in [0.2, 0.25) is 5.91 Å². The molecule has 4 rings (SSSR count). The largest absolute Gasteiger partial charge is 0.334 e. The minimum atomic E-state index is -0.487. The van der Waals surface area contributed by atoms with Gasteiger partial charge in [0.05, 0.1) is 13.1 Å². The predicted octanol–water partition coefficient (Wildman–Crippen LogP) is 3.43. The van der Waals surface area contributed by atoms with Gasteiger partial charge in [0, 0.05) is 18.7 Å². The molecule has 1 fully saturated rings. The number of rotatable bonds is 10. The minimum absolute atomic E-state index is 0.211. The highest BCUT2D eigenvalue weighted by atomic mass is 32.2. The molecule has 2 aromatic carbocycles. The fourth-order valence-electron chi connectivity index (χ4n) is 3.85. The Labute approximate surface area is 204 Å². The van der Waals surface area contributed by atoms with Crippen LogP contribution in [0.4, 0.5) is 4.79 Å². The third kappa shape index (κ3) is 7.16. The Morgan fingerprint density at radius 1 is 0.882 bits per heavy atom. The lowest BCUT2D eigenvalue weighted by Crippen LogP contribution is -2.39. The first-order valence-corrected chi connectivity index (χ1v) is 12.6. The number of imide groups is 1. The summed E-state index contributed by atoms with van der Waals surface area (Å²) in [6.45, 7) is 4.02. The van der Waals surface area contributed by atoms with Crippen molar-refractivity contribution in [3.8, 4) is 0 Å². The van der Waals surface area contributed by atoms with Crippen molar-refractivity contribution in [3.05, 3.63) is 77.6 Å². The summed E-state index contributed by atoms with van der Waals surface area (Å²) >= 11 is 1.49. The number of likely N-dealkylation sites (tertiary alicyclic amines) is 1. The molecule has 1 aromatic heterocycles. The SMILES string of the molecule is O=C(CCSc1nnc(CN2CCCC2)n1Cc1ccccc1)NC(=O)NCc1ccccc1. The van der Waals surface area contributed by atoms with Crippen molar-refractivity contribution >= 4 is 23.7 Å². The lowest BCUT2D eigenvalue weighted by Gasteiger charge is -2.16.